The van der Waals surface area contributed by atoms with E-state index in [-0.39, 0.29) is 23.3 Å². The fourth-order valence-electron chi connectivity index (χ4n) is 3.04. The molecule has 1 aromatic heterocycles. The quantitative estimate of drug-likeness (QED) is 0.732. The Balaban J connectivity index is 1.55. The largest absolute Gasteiger partial charge is 0.416 e. The van der Waals surface area contributed by atoms with Gasteiger partial charge in [-0.15, -0.1) is 10.2 Å². The second-order valence-corrected chi connectivity index (χ2v) is 10.5. The molecule has 146 valence electrons. The molecule has 9 heteroatoms. The van der Waals surface area contributed by atoms with Gasteiger partial charge >= 0.3 is 0 Å². The van der Waals surface area contributed by atoms with E-state index in [0.717, 1.165) is 16.8 Å². The first-order valence-electron chi connectivity index (χ1n) is 8.79. The summed E-state index contributed by atoms with van der Waals surface area (Å²) >= 11 is 1.19. The highest BCUT2D eigenvalue weighted by molar-refractivity contribution is 8.00. The van der Waals surface area contributed by atoms with E-state index in [1.54, 1.807) is 6.92 Å². The second kappa shape index (κ2) is 8.02. The predicted octanol–water partition coefficient (Wildman–Crippen LogP) is 2.78. The number of aryl methyl sites for hydroxylation is 2. The zero-order valence-corrected chi connectivity index (χ0v) is 17.2. The number of rotatable bonds is 6. The van der Waals surface area contributed by atoms with Crippen molar-refractivity contribution in [1.82, 2.24) is 10.2 Å². The average molecular weight is 410 g/mol. The number of amides is 1. The molecule has 0 saturated carbocycles. The van der Waals surface area contributed by atoms with Crippen molar-refractivity contribution in [3.05, 3.63) is 35.2 Å². The summed E-state index contributed by atoms with van der Waals surface area (Å²) < 4.78 is 28.7. The van der Waals surface area contributed by atoms with Gasteiger partial charge in [-0.3, -0.25) is 4.79 Å². The minimum atomic E-state index is -2.92. The first-order chi connectivity index (χ1) is 12.7. The Bertz CT molecular complexity index is 940. The van der Waals surface area contributed by atoms with E-state index in [1.807, 2.05) is 32.0 Å². The van der Waals surface area contributed by atoms with Crippen LogP contribution >= 0.6 is 11.8 Å². The molecule has 0 unspecified atom stereocenters. The molecule has 1 aliphatic rings. The van der Waals surface area contributed by atoms with Crippen LogP contribution in [0.3, 0.4) is 0 Å². The lowest BCUT2D eigenvalue weighted by molar-refractivity contribution is -0.115. The summed E-state index contributed by atoms with van der Waals surface area (Å²) in [6.45, 7) is 5.73. The van der Waals surface area contributed by atoms with Crippen LogP contribution < -0.4 is 5.32 Å². The topological polar surface area (TPSA) is 102 Å². The van der Waals surface area contributed by atoms with Gasteiger partial charge in [0, 0.05) is 12.1 Å². The Morgan fingerprint density at radius 3 is 2.81 bits per heavy atom. The van der Waals surface area contributed by atoms with Crippen LogP contribution in [0.1, 0.15) is 30.4 Å². The lowest BCUT2D eigenvalue weighted by Crippen LogP contribution is -2.22. The fourth-order valence-corrected chi connectivity index (χ4v) is 5.60. The van der Waals surface area contributed by atoms with Crippen molar-refractivity contribution < 1.29 is 17.6 Å². The first-order valence-corrected chi connectivity index (χ1v) is 11.5. The maximum Gasteiger partial charge on any atom is 0.277 e. The van der Waals surface area contributed by atoms with Gasteiger partial charge in [0.1, 0.15) is 0 Å². The van der Waals surface area contributed by atoms with Gasteiger partial charge in [-0.2, -0.15) is 0 Å². The molecule has 1 fully saturated rings. The molecule has 0 spiro atoms. The molecule has 1 N–H and O–H groups in total. The van der Waals surface area contributed by atoms with Crippen LogP contribution in [0.4, 0.5) is 5.69 Å². The monoisotopic (exact) mass is 409 g/mol. The number of carbonyl (C=O) groups excluding carboxylic acids is 1. The Kier molecular flexibility index (Phi) is 5.90. The van der Waals surface area contributed by atoms with Crippen molar-refractivity contribution in [1.29, 1.82) is 0 Å². The van der Waals surface area contributed by atoms with Gasteiger partial charge in [-0.05, 0) is 44.7 Å². The van der Waals surface area contributed by atoms with Crippen LogP contribution in [-0.4, -0.2) is 41.3 Å². The molecule has 3 rings (SSSR count). The molecule has 1 saturated heterocycles. The summed E-state index contributed by atoms with van der Waals surface area (Å²) in [5.74, 6) is 0.698. The smallest absolute Gasteiger partial charge is 0.277 e. The predicted molar refractivity (Wildman–Crippen MR) is 105 cm³/mol. The molecule has 7 nitrogen and oxygen atoms in total. The van der Waals surface area contributed by atoms with Crippen LogP contribution in [0, 0.1) is 19.8 Å². The van der Waals surface area contributed by atoms with Gasteiger partial charge in [-0.25, -0.2) is 8.42 Å². The molecule has 0 bridgehead atoms. The van der Waals surface area contributed by atoms with Gasteiger partial charge in [0.15, 0.2) is 9.84 Å². The Hall–Kier alpha value is -1.87. The van der Waals surface area contributed by atoms with Crippen LogP contribution in [0.2, 0.25) is 0 Å². The maximum atomic E-state index is 12.4. The number of sulfone groups is 1. The average Bonchev–Trinajstić information content (AvgIpc) is 3.16. The van der Waals surface area contributed by atoms with E-state index in [1.165, 1.54) is 11.8 Å². The summed E-state index contributed by atoms with van der Waals surface area (Å²) in [6, 6.07) is 5.86. The number of aromatic nitrogens is 2. The highest BCUT2D eigenvalue weighted by Crippen LogP contribution is 2.26. The number of thioether (sulfide) groups is 1. The van der Waals surface area contributed by atoms with Crippen molar-refractivity contribution in [3.8, 4) is 0 Å². The van der Waals surface area contributed by atoms with Gasteiger partial charge < -0.3 is 9.73 Å². The molecule has 1 aliphatic heterocycles. The first kappa shape index (κ1) is 19.9. The summed E-state index contributed by atoms with van der Waals surface area (Å²) in [6.07, 6.45) is 1.08. The van der Waals surface area contributed by atoms with Crippen LogP contribution in [0.25, 0.3) is 0 Å². The molecule has 0 radical (unpaired) electrons. The zero-order chi connectivity index (χ0) is 19.6. The van der Waals surface area contributed by atoms with E-state index in [2.05, 4.69) is 15.5 Å². The number of nitrogens with one attached hydrogen (secondary N) is 1. The van der Waals surface area contributed by atoms with E-state index in [0.29, 0.717) is 24.0 Å². The summed E-state index contributed by atoms with van der Waals surface area (Å²) in [7, 11) is -2.92. The SMILES string of the molecule is Cc1ccc(NC(=O)[C@@H](C)Sc2nnc(C[C@H]3CCS(=O)(=O)C3)o2)c(C)c1. The molecular weight excluding hydrogens is 386 g/mol. The third-order valence-electron chi connectivity index (χ3n) is 4.52. The third kappa shape index (κ3) is 5.32. The van der Waals surface area contributed by atoms with Crippen LogP contribution in [0.5, 0.6) is 0 Å². The summed E-state index contributed by atoms with van der Waals surface area (Å²) in [4.78, 5) is 12.4. The molecule has 27 heavy (non-hydrogen) atoms. The van der Waals surface area contributed by atoms with E-state index >= 15 is 0 Å². The van der Waals surface area contributed by atoms with Gasteiger partial charge in [0.25, 0.3) is 5.22 Å². The van der Waals surface area contributed by atoms with Crippen LogP contribution in [0.15, 0.2) is 27.8 Å². The van der Waals surface area contributed by atoms with Gasteiger partial charge in [0.2, 0.25) is 11.8 Å². The molecule has 1 aromatic carbocycles. The molecule has 2 aromatic rings. The minimum absolute atomic E-state index is 0.0264. The number of anilines is 1. The molecule has 1 amide bonds. The molecule has 2 heterocycles. The lowest BCUT2D eigenvalue weighted by atomic mass is 10.1. The van der Waals surface area contributed by atoms with Crippen molar-refractivity contribution in [2.24, 2.45) is 5.92 Å². The number of hydrogen-bond donors (Lipinski definition) is 1. The Morgan fingerprint density at radius 1 is 1.37 bits per heavy atom. The highest BCUT2D eigenvalue weighted by atomic mass is 32.2. The van der Waals surface area contributed by atoms with E-state index in [9.17, 15) is 13.2 Å². The van der Waals surface area contributed by atoms with Crippen LogP contribution in [-0.2, 0) is 21.1 Å². The maximum absolute atomic E-state index is 12.4. The van der Waals surface area contributed by atoms with Crippen molar-refractivity contribution in [2.75, 3.05) is 16.8 Å². The van der Waals surface area contributed by atoms with Crippen molar-refractivity contribution in [3.63, 3.8) is 0 Å². The van der Waals surface area contributed by atoms with Gasteiger partial charge in [0.05, 0.1) is 16.8 Å². The molecule has 0 aliphatic carbocycles. The van der Waals surface area contributed by atoms with E-state index in [4.69, 9.17) is 4.42 Å². The standard InChI is InChI=1S/C18H23N3O4S2/c1-11-4-5-15(12(2)8-11)19-17(22)13(3)26-18-21-20-16(25-18)9-14-6-7-27(23,24)10-14/h4-5,8,13-14H,6-7,9-10H2,1-3H3,(H,19,22)/t13-,14-/m1/s1. The van der Waals surface area contributed by atoms with E-state index < -0.39 is 15.1 Å². The number of hydrogen-bond acceptors (Lipinski definition) is 7. The lowest BCUT2D eigenvalue weighted by Gasteiger charge is -2.12. The van der Waals surface area contributed by atoms with Crippen molar-refractivity contribution >= 4 is 33.2 Å². The number of benzene rings is 1. The Labute approximate surface area is 163 Å². The minimum Gasteiger partial charge on any atom is -0.416 e. The number of carbonyl (C=O) groups is 1. The summed E-state index contributed by atoms with van der Waals surface area (Å²) in [5, 5.41) is 10.8. The normalized spacial score (nSPS) is 19.7. The molecular formula is C18H23N3O4S2. The highest BCUT2D eigenvalue weighted by Gasteiger charge is 2.29. The zero-order valence-electron chi connectivity index (χ0n) is 15.6. The van der Waals surface area contributed by atoms with Gasteiger partial charge in [-0.1, -0.05) is 29.5 Å². The summed E-state index contributed by atoms with van der Waals surface area (Å²) in [5.41, 5.74) is 2.93. The second-order valence-electron chi connectivity index (χ2n) is 7.00. The Morgan fingerprint density at radius 2 is 2.15 bits per heavy atom. The third-order valence-corrected chi connectivity index (χ3v) is 7.30. The molecule has 2 atom stereocenters. The fraction of sp³-hybridized carbons (Fsp3) is 0.500. The number of nitrogens with zero attached hydrogens (tertiary/aromatic N) is 2. The van der Waals surface area contributed by atoms with Crippen molar-refractivity contribution in [2.45, 2.75) is 44.1 Å².